The van der Waals surface area contributed by atoms with Crippen LogP contribution >= 0.6 is 0 Å². The van der Waals surface area contributed by atoms with Crippen LogP contribution in [0.4, 0.5) is 4.79 Å². The van der Waals surface area contributed by atoms with Crippen molar-refractivity contribution in [2.24, 2.45) is 0 Å². The first-order valence-corrected chi connectivity index (χ1v) is 13.5. The minimum Gasteiger partial charge on any atom is -0.493 e. The highest BCUT2D eigenvalue weighted by atomic mass is 16.6. The van der Waals surface area contributed by atoms with E-state index in [9.17, 15) is 4.79 Å². The predicted molar refractivity (Wildman–Crippen MR) is 143 cm³/mol. The molecule has 2 heterocycles. The quantitative estimate of drug-likeness (QED) is 0.313. The Morgan fingerprint density at radius 3 is 2.50 bits per heavy atom. The number of carbonyl (C=O) groups is 1. The predicted octanol–water partition coefficient (Wildman–Crippen LogP) is 6.44. The number of likely N-dealkylation sites (tertiary alicyclic amines) is 1. The van der Waals surface area contributed by atoms with Gasteiger partial charge in [-0.3, -0.25) is 0 Å². The van der Waals surface area contributed by atoms with Crippen LogP contribution in [-0.2, 0) is 20.8 Å². The molecule has 1 aromatic carbocycles. The summed E-state index contributed by atoms with van der Waals surface area (Å²) in [5.41, 5.74) is 2.48. The number of hydrogen-bond acceptors (Lipinski definition) is 6. The average Bonchev–Trinajstić information content (AvgIpc) is 2.84. The van der Waals surface area contributed by atoms with Crippen LogP contribution < -0.4 is 4.74 Å². The van der Waals surface area contributed by atoms with Crippen LogP contribution in [0.5, 0.6) is 5.75 Å². The first-order chi connectivity index (χ1) is 17.3. The molecule has 0 radical (unpaired) electrons. The number of ether oxygens (including phenoxy) is 4. The second-order valence-corrected chi connectivity index (χ2v) is 10.5. The molecule has 0 atom stereocenters. The summed E-state index contributed by atoms with van der Waals surface area (Å²) in [6.07, 6.45) is 5.70. The van der Waals surface area contributed by atoms with Crippen LogP contribution in [0.15, 0.2) is 24.3 Å². The summed E-state index contributed by atoms with van der Waals surface area (Å²) < 4.78 is 23.6. The standard InChI is InChI=1S/C29H44N2O5/c1-6-7-19-35-27-22(2)26(30-25-13-9-8-12-24(25)27)21-33-18-10-11-20-34-23-14-16-31(17-15-23)28(32)36-29(3,4)5/h8-9,12-13,23H,6-7,10-11,14-21H2,1-5H3. The van der Waals surface area contributed by atoms with E-state index < -0.39 is 5.60 Å². The molecular weight excluding hydrogens is 456 g/mol. The number of amides is 1. The Morgan fingerprint density at radius 2 is 1.78 bits per heavy atom. The lowest BCUT2D eigenvalue weighted by atomic mass is 10.1. The molecule has 0 unspecified atom stereocenters. The number of fused-ring (bicyclic) bond motifs is 1. The molecule has 0 saturated carbocycles. The lowest BCUT2D eigenvalue weighted by Crippen LogP contribution is -2.43. The van der Waals surface area contributed by atoms with Gasteiger partial charge in [-0.25, -0.2) is 9.78 Å². The molecule has 7 heteroatoms. The SMILES string of the molecule is CCCCOc1c(C)c(COCCCCOC2CCN(C(=O)OC(C)(C)C)CC2)nc2ccccc12. The summed E-state index contributed by atoms with van der Waals surface area (Å²) in [5, 5.41) is 1.06. The summed E-state index contributed by atoms with van der Waals surface area (Å²) in [7, 11) is 0. The first-order valence-electron chi connectivity index (χ1n) is 13.5. The molecule has 7 nitrogen and oxygen atoms in total. The van der Waals surface area contributed by atoms with Gasteiger partial charge in [0, 0.05) is 37.3 Å². The van der Waals surface area contributed by atoms with Crippen LogP contribution in [0.25, 0.3) is 10.9 Å². The van der Waals surface area contributed by atoms with E-state index in [2.05, 4.69) is 19.9 Å². The van der Waals surface area contributed by atoms with Crippen molar-refractivity contribution in [3.63, 3.8) is 0 Å². The molecule has 200 valence electrons. The fourth-order valence-corrected chi connectivity index (χ4v) is 4.23. The average molecular weight is 501 g/mol. The van der Waals surface area contributed by atoms with Crippen molar-refractivity contribution in [1.29, 1.82) is 0 Å². The van der Waals surface area contributed by atoms with Crippen LogP contribution in [-0.4, -0.2) is 60.6 Å². The molecule has 1 aliphatic rings. The molecule has 0 bridgehead atoms. The molecule has 0 N–H and O–H groups in total. The van der Waals surface area contributed by atoms with E-state index in [-0.39, 0.29) is 12.2 Å². The van der Waals surface area contributed by atoms with Gasteiger partial charge < -0.3 is 23.8 Å². The Balaban J connectivity index is 1.35. The fourth-order valence-electron chi connectivity index (χ4n) is 4.23. The fraction of sp³-hybridized carbons (Fsp3) is 0.655. The molecule has 3 rings (SSSR count). The molecule has 2 aromatic rings. The van der Waals surface area contributed by atoms with Crippen molar-refractivity contribution in [1.82, 2.24) is 9.88 Å². The van der Waals surface area contributed by atoms with Gasteiger partial charge in [0.2, 0.25) is 0 Å². The maximum Gasteiger partial charge on any atom is 0.410 e. The van der Waals surface area contributed by atoms with Crippen LogP contribution in [0, 0.1) is 6.92 Å². The third-order valence-corrected chi connectivity index (χ3v) is 6.29. The summed E-state index contributed by atoms with van der Waals surface area (Å²) in [6.45, 7) is 13.9. The topological polar surface area (TPSA) is 70.1 Å². The number of aromatic nitrogens is 1. The van der Waals surface area contributed by atoms with Crippen LogP contribution in [0.3, 0.4) is 0 Å². The van der Waals surface area contributed by atoms with E-state index >= 15 is 0 Å². The van der Waals surface area contributed by atoms with Gasteiger partial charge in [0.05, 0.1) is 30.5 Å². The molecule has 0 aliphatic carbocycles. The minimum absolute atomic E-state index is 0.209. The van der Waals surface area contributed by atoms with E-state index in [1.54, 1.807) is 4.90 Å². The van der Waals surface area contributed by atoms with Crippen molar-refractivity contribution >= 4 is 17.0 Å². The van der Waals surface area contributed by atoms with Crippen molar-refractivity contribution in [3.05, 3.63) is 35.5 Å². The van der Waals surface area contributed by atoms with Crippen LogP contribution in [0.1, 0.15) is 77.5 Å². The van der Waals surface area contributed by atoms with Gasteiger partial charge in [0.25, 0.3) is 0 Å². The zero-order valence-electron chi connectivity index (χ0n) is 22.8. The Hall–Kier alpha value is -2.38. The summed E-state index contributed by atoms with van der Waals surface area (Å²) in [4.78, 5) is 18.8. The normalized spacial score (nSPS) is 14.9. The zero-order valence-corrected chi connectivity index (χ0v) is 22.8. The molecule has 1 fully saturated rings. The summed E-state index contributed by atoms with van der Waals surface area (Å²) in [5.74, 6) is 0.929. The molecular formula is C29H44N2O5. The Bertz CT molecular complexity index is 964. The van der Waals surface area contributed by atoms with E-state index in [0.29, 0.717) is 39.5 Å². The van der Waals surface area contributed by atoms with Crippen LogP contribution in [0.2, 0.25) is 0 Å². The zero-order chi connectivity index (χ0) is 26.0. The highest BCUT2D eigenvalue weighted by Gasteiger charge is 2.27. The second-order valence-electron chi connectivity index (χ2n) is 10.5. The van der Waals surface area contributed by atoms with E-state index in [4.69, 9.17) is 23.9 Å². The monoisotopic (exact) mass is 500 g/mol. The molecule has 36 heavy (non-hydrogen) atoms. The summed E-state index contributed by atoms with van der Waals surface area (Å²) in [6, 6.07) is 8.13. The highest BCUT2D eigenvalue weighted by Crippen LogP contribution is 2.31. The molecule has 0 spiro atoms. The number of carbonyl (C=O) groups excluding carboxylic acids is 1. The van der Waals surface area contributed by atoms with Crippen molar-refractivity contribution in [3.8, 4) is 5.75 Å². The van der Waals surface area contributed by atoms with Crippen molar-refractivity contribution < 1.29 is 23.7 Å². The van der Waals surface area contributed by atoms with Crippen molar-refractivity contribution in [2.75, 3.05) is 32.9 Å². The van der Waals surface area contributed by atoms with Crippen molar-refractivity contribution in [2.45, 2.75) is 91.5 Å². The number of unbranched alkanes of at least 4 members (excludes halogenated alkanes) is 2. The number of hydrogen-bond donors (Lipinski definition) is 0. The number of rotatable bonds is 12. The lowest BCUT2D eigenvalue weighted by molar-refractivity contribution is -0.0134. The smallest absolute Gasteiger partial charge is 0.410 e. The Kier molecular flexibility index (Phi) is 10.8. The number of nitrogens with zero attached hydrogens (tertiary/aromatic N) is 2. The second kappa shape index (κ2) is 13.8. The number of pyridine rings is 1. The summed E-state index contributed by atoms with van der Waals surface area (Å²) >= 11 is 0. The van der Waals surface area contributed by atoms with E-state index in [1.165, 1.54) is 0 Å². The molecule has 1 amide bonds. The molecule has 1 aromatic heterocycles. The van der Waals surface area contributed by atoms with E-state index in [1.807, 2.05) is 39.0 Å². The number of benzene rings is 1. The first kappa shape index (κ1) is 28.2. The molecule has 1 aliphatic heterocycles. The number of piperidine rings is 1. The van der Waals surface area contributed by atoms with Gasteiger partial charge in [-0.1, -0.05) is 25.5 Å². The molecule has 1 saturated heterocycles. The number of para-hydroxylation sites is 1. The minimum atomic E-state index is -0.458. The highest BCUT2D eigenvalue weighted by molar-refractivity contribution is 5.86. The third kappa shape index (κ3) is 8.63. The van der Waals surface area contributed by atoms with Gasteiger partial charge in [0.1, 0.15) is 11.4 Å². The van der Waals surface area contributed by atoms with E-state index in [0.717, 1.165) is 66.4 Å². The van der Waals surface area contributed by atoms with Gasteiger partial charge in [-0.2, -0.15) is 0 Å². The largest absolute Gasteiger partial charge is 0.493 e. The van der Waals surface area contributed by atoms with Gasteiger partial charge in [-0.15, -0.1) is 0 Å². The maximum atomic E-state index is 12.2. The van der Waals surface area contributed by atoms with Gasteiger partial charge >= 0.3 is 6.09 Å². The van der Waals surface area contributed by atoms with Gasteiger partial charge in [-0.05, 0) is 71.9 Å². The Labute approximate surface area is 216 Å². The maximum absolute atomic E-state index is 12.2. The van der Waals surface area contributed by atoms with Gasteiger partial charge in [0.15, 0.2) is 0 Å². The lowest BCUT2D eigenvalue weighted by Gasteiger charge is -2.33. The Morgan fingerprint density at radius 1 is 1.06 bits per heavy atom. The third-order valence-electron chi connectivity index (χ3n) is 6.29.